The van der Waals surface area contributed by atoms with Crippen molar-refractivity contribution in [3.63, 3.8) is 0 Å². The highest BCUT2D eigenvalue weighted by Crippen LogP contribution is 2.39. The van der Waals surface area contributed by atoms with Crippen molar-refractivity contribution in [1.82, 2.24) is 0 Å². The molecular formula is C18H12F2O2S. The lowest BCUT2D eigenvalue weighted by Gasteiger charge is -2.10. The molecule has 3 rings (SSSR count). The van der Waals surface area contributed by atoms with E-state index in [2.05, 4.69) is 0 Å². The van der Waals surface area contributed by atoms with E-state index in [1.54, 1.807) is 35.7 Å². The smallest absolute Gasteiger partial charge is 0.338 e. The quantitative estimate of drug-likeness (QED) is 0.621. The van der Waals surface area contributed by atoms with Crippen LogP contribution in [0.25, 0.3) is 21.6 Å². The van der Waals surface area contributed by atoms with Gasteiger partial charge in [0, 0.05) is 21.6 Å². The molecule has 116 valence electrons. The van der Waals surface area contributed by atoms with Gasteiger partial charge in [0.05, 0.1) is 12.7 Å². The second-order valence-electron chi connectivity index (χ2n) is 4.80. The SMILES string of the molecule is COC(=O)c1ccccc1-c1sccc1-c1cccc(F)c1F. The third-order valence-electron chi connectivity index (χ3n) is 3.48. The first-order chi connectivity index (χ1) is 11.1. The van der Waals surface area contributed by atoms with Crippen molar-refractivity contribution >= 4 is 17.3 Å². The summed E-state index contributed by atoms with van der Waals surface area (Å²) in [7, 11) is 1.31. The van der Waals surface area contributed by atoms with Crippen molar-refractivity contribution in [2.24, 2.45) is 0 Å². The number of carbonyl (C=O) groups is 1. The zero-order valence-electron chi connectivity index (χ0n) is 12.2. The summed E-state index contributed by atoms with van der Waals surface area (Å²) in [4.78, 5) is 12.6. The van der Waals surface area contributed by atoms with E-state index < -0.39 is 17.6 Å². The van der Waals surface area contributed by atoms with E-state index >= 15 is 0 Å². The molecule has 0 aliphatic carbocycles. The monoisotopic (exact) mass is 330 g/mol. The van der Waals surface area contributed by atoms with Gasteiger partial charge in [-0.1, -0.05) is 30.3 Å². The fourth-order valence-electron chi connectivity index (χ4n) is 2.41. The molecule has 1 aromatic heterocycles. The summed E-state index contributed by atoms with van der Waals surface area (Å²) >= 11 is 1.36. The van der Waals surface area contributed by atoms with Gasteiger partial charge in [-0.05, 0) is 23.6 Å². The predicted molar refractivity (Wildman–Crippen MR) is 86.4 cm³/mol. The number of benzene rings is 2. The maximum Gasteiger partial charge on any atom is 0.338 e. The minimum absolute atomic E-state index is 0.168. The van der Waals surface area contributed by atoms with Crippen LogP contribution in [0.4, 0.5) is 8.78 Å². The van der Waals surface area contributed by atoms with Crippen LogP contribution in [0.2, 0.25) is 0 Å². The number of esters is 1. The Kier molecular flexibility index (Phi) is 4.21. The number of halogens is 2. The van der Waals surface area contributed by atoms with E-state index in [4.69, 9.17) is 4.74 Å². The zero-order valence-corrected chi connectivity index (χ0v) is 13.0. The Morgan fingerprint density at radius 1 is 0.957 bits per heavy atom. The number of hydrogen-bond acceptors (Lipinski definition) is 3. The van der Waals surface area contributed by atoms with Crippen LogP contribution in [0.1, 0.15) is 10.4 Å². The molecule has 0 bridgehead atoms. The molecule has 0 aliphatic heterocycles. The largest absolute Gasteiger partial charge is 0.465 e. The van der Waals surface area contributed by atoms with Crippen molar-refractivity contribution in [3.05, 3.63) is 71.1 Å². The summed E-state index contributed by atoms with van der Waals surface area (Å²) in [6.07, 6.45) is 0. The lowest BCUT2D eigenvalue weighted by atomic mass is 9.99. The first-order valence-electron chi connectivity index (χ1n) is 6.83. The number of ether oxygens (including phenoxy) is 1. The van der Waals surface area contributed by atoms with Crippen LogP contribution in [0.3, 0.4) is 0 Å². The minimum atomic E-state index is -0.902. The Labute approximate surface area is 136 Å². The van der Waals surface area contributed by atoms with Crippen LogP contribution >= 0.6 is 11.3 Å². The average Bonchev–Trinajstić information content (AvgIpc) is 3.06. The summed E-state index contributed by atoms with van der Waals surface area (Å²) in [5, 5.41) is 1.78. The zero-order chi connectivity index (χ0) is 16.4. The molecule has 2 nitrogen and oxygen atoms in total. The molecule has 2 aromatic carbocycles. The van der Waals surface area contributed by atoms with E-state index in [0.29, 0.717) is 21.6 Å². The Morgan fingerprint density at radius 3 is 2.48 bits per heavy atom. The molecule has 0 spiro atoms. The van der Waals surface area contributed by atoms with Crippen molar-refractivity contribution in [3.8, 4) is 21.6 Å². The predicted octanol–water partition coefficient (Wildman–Crippen LogP) is 5.15. The Hall–Kier alpha value is -2.53. The van der Waals surface area contributed by atoms with E-state index in [9.17, 15) is 13.6 Å². The molecule has 5 heteroatoms. The van der Waals surface area contributed by atoms with Gasteiger partial charge in [0.25, 0.3) is 0 Å². The number of rotatable bonds is 3. The molecule has 0 saturated heterocycles. The third kappa shape index (κ3) is 2.75. The Bertz CT molecular complexity index is 871. The number of carbonyl (C=O) groups excluding carboxylic acids is 1. The molecule has 0 amide bonds. The molecule has 0 saturated carbocycles. The first kappa shape index (κ1) is 15.4. The van der Waals surface area contributed by atoms with Crippen LogP contribution in [0, 0.1) is 11.6 Å². The highest BCUT2D eigenvalue weighted by atomic mass is 32.1. The van der Waals surface area contributed by atoms with Crippen LogP contribution in [-0.4, -0.2) is 13.1 Å². The highest BCUT2D eigenvalue weighted by molar-refractivity contribution is 7.14. The second kappa shape index (κ2) is 6.30. The average molecular weight is 330 g/mol. The number of methoxy groups -OCH3 is 1. The molecule has 0 unspecified atom stereocenters. The maximum atomic E-state index is 14.1. The van der Waals surface area contributed by atoms with E-state index in [0.717, 1.165) is 6.07 Å². The normalized spacial score (nSPS) is 10.6. The van der Waals surface area contributed by atoms with Crippen LogP contribution in [0.5, 0.6) is 0 Å². The standard InChI is InChI=1S/C18H12F2O2S/c1-22-18(21)14-6-3-2-5-12(14)17-13(9-10-23-17)11-7-4-8-15(19)16(11)20/h2-10H,1H3. The van der Waals surface area contributed by atoms with Crippen LogP contribution < -0.4 is 0 Å². The van der Waals surface area contributed by atoms with Gasteiger partial charge in [-0.3, -0.25) is 0 Å². The van der Waals surface area contributed by atoms with Crippen LogP contribution in [-0.2, 0) is 4.74 Å². The number of hydrogen-bond donors (Lipinski definition) is 0. The van der Waals surface area contributed by atoms with Gasteiger partial charge < -0.3 is 4.74 Å². The van der Waals surface area contributed by atoms with Gasteiger partial charge in [-0.25, -0.2) is 13.6 Å². The molecule has 1 heterocycles. The lowest BCUT2D eigenvalue weighted by molar-refractivity contribution is 0.0601. The fourth-order valence-corrected chi connectivity index (χ4v) is 3.36. The summed E-state index contributed by atoms with van der Waals surface area (Å²) in [5.74, 6) is -2.27. The fraction of sp³-hybridized carbons (Fsp3) is 0.0556. The topological polar surface area (TPSA) is 26.3 Å². The summed E-state index contributed by atoms with van der Waals surface area (Å²) < 4.78 is 32.4. The van der Waals surface area contributed by atoms with Gasteiger partial charge in [0.1, 0.15) is 0 Å². The molecule has 0 atom stereocenters. The molecule has 3 aromatic rings. The first-order valence-corrected chi connectivity index (χ1v) is 7.71. The molecule has 23 heavy (non-hydrogen) atoms. The van der Waals surface area contributed by atoms with Crippen molar-refractivity contribution in [2.75, 3.05) is 7.11 Å². The van der Waals surface area contributed by atoms with Crippen molar-refractivity contribution in [2.45, 2.75) is 0 Å². The Morgan fingerprint density at radius 2 is 1.70 bits per heavy atom. The second-order valence-corrected chi connectivity index (χ2v) is 5.72. The van der Waals surface area contributed by atoms with Crippen molar-refractivity contribution < 1.29 is 18.3 Å². The lowest BCUT2D eigenvalue weighted by Crippen LogP contribution is -2.03. The van der Waals surface area contributed by atoms with E-state index in [-0.39, 0.29) is 5.56 Å². The van der Waals surface area contributed by atoms with E-state index in [1.807, 2.05) is 0 Å². The third-order valence-corrected chi connectivity index (χ3v) is 4.43. The summed E-state index contributed by atoms with van der Waals surface area (Å²) in [6, 6.07) is 12.7. The molecular weight excluding hydrogens is 318 g/mol. The van der Waals surface area contributed by atoms with Gasteiger partial charge in [-0.2, -0.15) is 0 Å². The van der Waals surface area contributed by atoms with Gasteiger partial charge >= 0.3 is 5.97 Å². The molecule has 0 radical (unpaired) electrons. The maximum absolute atomic E-state index is 14.1. The summed E-state index contributed by atoms with van der Waals surface area (Å²) in [5.41, 5.74) is 1.73. The molecule has 0 aliphatic rings. The summed E-state index contributed by atoms with van der Waals surface area (Å²) in [6.45, 7) is 0. The molecule has 0 fully saturated rings. The molecule has 0 N–H and O–H groups in total. The highest BCUT2D eigenvalue weighted by Gasteiger charge is 2.19. The number of thiophene rings is 1. The van der Waals surface area contributed by atoms with Gasteiger partial charge in [0.2, 0.25) is 0 Å². The van der Waals surface area contributed by atoms with Gasteiger partial charge in [0.15, 0.2) is 11.6 Å². The van der Waals surface area contributed by atoms with Crippen LogP contribution in [0.15, 0.2) is 53.9 Å². The minimum Gasteiger partial charge on any atom is -0.465 e. The van der Waals surface area contributed by atoms with Gasteiger partial charge in [-0.15, -0.1) is 11.3 Å². The van der Waals surface area contributed by atoms with Crippen molar-refractivity contribution in [1.29, 1.82) is 0 Å². The Balaban J connectivity index is 2.20. The van der Waals surface area contributed by atoms with E-state index in [1.165, 1.54) is 30.6 Å².